The molecule has 0 radical (unpaired) electrons. The van der Waals surface area contributed by atoms with Crippen LogP contribution < -0.4 is 4.74 Å². The average molecular weight is 262 g/mol. The predicted molar refractivity (Wildman–Crippen MR) is 85.3 cm³/mol. The van der Waals surface area contributed by atoms with E-state index in [1.165, 1.54) is 27.5 Å². The SMILES string of the molecule is CCOc1cc(-c2cccc(C)c2)c2ccccc2c1. The monoisotopic (exact) mass is 262 g/mol. The highest BCUT2D eigenvalue weighted by atomic mass is 16.5. The van der Waals surface area contributed by atoms with Crippen molar-refractivity contribution in [2.24, 2.45) is 0 Å². The lowest BCUT2D eigenvalue weighted by atomic mass is 9.97. The molecule has 20 heavy (non-hydrogen) atoms. The van der Waals surface area contributed by atoms with Gasteiger partial charge < -0.3 is 4.74 Å². The summed E-state index contributed by atoms with van der Waals surface area (Å²) in [6.45, 7) is 4.82. The van der Waals surface area contributed by atoms with Crippen LogP contribution >= 0.6 is 0 Å². The van der Waals surface area contributed by atoms with Gasteiger partial charge in [0.05, 0.1) is 6.61 Å². The van der Waals surface area contributed by atoms with Crippen LogP contribution in [0.4, 0.5) is 0 Å². The molecule has 1 heteroatoms. The van der Waals surface area contributed by atoms with E-state index < -0.39 is 0 Å². The zero-order chi connectivity index (χ0) is 13.9. The molecule has 0 N–H and O–H groups in total. The molecule has 0 fully saturated rings. The number of benzene rings is 3. The summed E-state index contributed by atoms with van der Waals surface area (Å²) in [7, 11) is 0. The predicted octanol–water partition coefficient (Wildman–Crippen LogP) is 5.21. The van der Waals surface area contributed by atoms with Crippen LogP contribution in [-0.2, 0) is 0 Å². The second-order valence-electron chi connectivity index (χ2n) is 4.99. The highest BCUT2D eigenvalue weighted by Gasteiger charge is 2.07. The molecule has 1 nitrogen and oxygen atoms in total. The first-order valence-corrected chi connectivity index (χ1v) is 7.00. The van der Waals surface area contributed by atoms with Gasteiger partial charge in [0.15, 0.2) is 0 Å². The quantitative estimate of drug-likeness (QED) is 0.629. The Labute approximate surface area is 119 Å². The Morgan fingerprint density at radius 1 is 0.900 bits per heavy atom. The smallest absolute Gasteiger partial charge is 0.120 e. The normalized spacial score (nSPS) is 10.7. The van der Waals surface area contributed by atoms with Crippen LogP contribution in [0.2, 0.25) is 0 Å². The van der Waals surface area contributed by atoms with Gasteiger partial charge in [-0.05, 0) is 47.9 Å². The molecule has 0 heterocycles. The molecule has 0 spiro atoms. The van der Waals surface area contributed by atoms with Gasteiger partial charge in [-0.2, -0.15) is 0 Å². The summed E-state index contributed by atoms with van der Waals surface area (Å²) >= 11 is 0. The maximum absolute atomic E-state index is 5.71. The largest absolute Gasteiger partial charge is 0.494 e. The topological polar surface area (TPSA) is 9.23 Å². The fourth-order valence-electron chi connectivity index (χ4n) is 2.58. The number of hydrogen-bond acceptors (Lipinski definition) is 1. The fraction of sp³-hybridized carbons (Fsp3) is 0.158. The van der Waals surface area contributed by atoms with E-state index in [0.29, 0.717) is 6.61 Å². The Morgan fingerprint density at radius 2 is 1.75 bits per heavy atom. The molecule has 0 amide bonds. The first-order valence-electron chi connectivity index (χ1n) is 7.00. The molecule has 0 aromatic heterocycles. The Bertz CT molecular complexity index is 744. The number of hydrogen-bond donors (Lipinski definition) is 0. The molecule has 0 aliphatic heterocycles. The Kier molecular flexibility index (Phi) is 3.42. The first kappa shape index (κ1) is 12.7. The number of fused-ring (bicyclic) bond motifs is 1. The van der Waals surface area contributed by atoms with Crippen molar-refractivity contribution in [3.05, 3.63) is 66.2 Å². The third-order valence-corrected chi connectivity index (χ3v) is 3.48. The highest BCUT2D eigenvalue weighted by Crippen LogP contribution is 2.33. The summed E-state index contributed by atoms with van der Waals surface area (Å²) in [4.78, 5) is 0. The summed E-state index contributed by atoms with van der Waals surface area (Å²) in [5.74, 6) is 0.933. The molecule has 3 aromatic carbocycles. The molecule has 3 rings (SSSR count). The second kappa shape index (κ2) is 5.38. The average Bonchev–Trinajstić information content (AvgIpc) is 2.47. The van der Waals surface area contributed by atoms with E-state index in [2.05, 4.69) is 67.6 Å². The zero-order valence-corrected chi connectivity index (χ0v) is 11.9. The summed E-state index contributed by atoms with van der Waals surface area (Å²) < 4.78 is 5.71. The fourth-order valence-corrected chi connectivity index (χ4v) is 2.58. The lowest BCUT2D eigenvalue weighted by molar-refractivity contribution is 0.341. The van der Waals surface area contributed by atoms with E-state index in [0.717, 1.165) is 5.75 Å². The number of aryl methyl sites for hydroxylation is 1. The number of ether oxygens (including phenoxy) is 1. The molecular weight excluding hydrogens is 244 g/mol. The van der Waals surface area contributed by atoms with Gasteiger partial charge in [-0.1, -0.05) is 54.1 Å². The van der Waals surface area contributed by atoms with Crippen LogP contribution in [0, 0.1) is 6.92 Å². The molecule has 0 aliphatic rings. The van der Waals surface area contributed by atoms with Crippen LogP contribution in [0.1, 0.15) is 12.5 Å². The van der Waals surface area contributed by atoms with Crippen LogP contribution in [0.5, 0.6) is 5.75 Å². The van der Waals surface area contributed by atoms with Crippen molar-refractivity contribution in [1.29, 1.82) is 0 Å². The zero-order valence-electron chi connectivity index (χ0n) is 11.9. The summed E-state index contributed by atoms with van der Waals surface area (Å²) in [5.41, 5.74) is 3.74. The molecule has 0 unspecified atom stereocenters. The minimum Gasteiger partial charge on any atom is -0.494 e. The first-order chi connectivity index (χ1) is 9.78. The highest BCUT2D eigenvalue weighted by molar-refractivity contribution is 5.97. The molecule has 0 saturated carbocycles. The van der Waals surface area contributed by atoms with Crippen molar-refractivity contribution in [1.82, 2.24) is 0 Å². The van der Waals surface area contributed by atoms with Gasteiger partial charge in [0, 0.05) is 0 Å². The third-order valence-electron chi connectivity index (χ3n) is 3.48. The van der Waals surface area contributed by atoms with Crippen LogP contribution in [0.3, 0.4) is 0 Å². The molecule has 0 bridgehead atoms. The molecular formula is C19H18O. The Hall–Kier alpha value is -2.28. The summed E-state index contributed by atoms with van der Waals surface area (Å²) in [5, 5.41) is 2.48. The van der Waals surface area contributed by atoms with Gasteiger partial charge in [0.2, 0.25) is 0 Å². The van der Waals surface area contributed by atoms with Crippen LogP contribution in [0.25, 0.3) is 21.9 Å². The van der Waals surface area contributed by atoms with E-state index in [4.69, 9.17) is 4.74 Å². The molecule has 0 saturated heterocycles. The lowest BCUT2D eigenvalue weighted by Gasteiger charge is -2.11. The van der Waals surface area contributed by atoms with Gasteiger partial charge in [-0.3, -0.25) is 0 Å². The van der Waals surface area contributed by atoms with Crippen molar-refractivity contribution in [3.8, 4) is 16.9 Å². The van der Waals surface area contributed by atoms with E-state index >= 15 is 0 Å². The summed E-state index contributed by atoms with van der Waals surface area (Å²) in [6.07, 6.45) is 0. The maximum Gasteiger partial charge on any atom is 0.120 e. The summed E-state index contributed by atoms with van der Waals surface area (Å²) in [6, 6.07) is 21.3. The third kappa shape index (κ3) is 2.39. The van der Waals surface area contributed by atoms with Gasteiger partial charge in [-0.25, -0.2) is 0 Å². The van der Waals surface area contributed by atoms with Crippen molar-refractivity contribution >= 4 is 10.8 Å². The van der Waals surface area contributed by atoms with E-state index in [1.807, 2.05) is 6.92 Å². The standard InChI is InChI=1S/C19H18O/c1-3-20-17-12-16-8-4-5-10-18(16)19(13-17)15-9-6-7-14(2)11-15/h4-13H,3H2,1-2H3. The second-order valence-corrected chi connectivity index (χ2v) is 4.99. The van der Waals surface area contributed by atoms with Gasteiger partial charge in [-0.15, -0.1) is 0 Å². The minimum atomic E-state index is 0.686. The minimum absolute atomic E-state index is 0.686. The van der Waals surface area contributed by atoms with E-state index in [9.17, 15) is 0 Å². The van der Waals surface area contributed by atoms with Crippen molar-refractivity contribution in [2.75, 3.05) is 6.61 Å². The Morgan fingerprint density at radius 3 is 2.55 bits per heavy atom. The van der Waals surface area contributed by atoms with Crippen molar-refractivity contribution in [3.63, 3.8) is 0 Å². The van der Waals surface area contributed by atoms with Crippen molar-refractivity contribution in [2.45, 2.75) is 13.8 Å². The Balaban J connectivity index is 2.26. The molecule has 100 valence electrons. The maximum atomic E-state index is 5.71. The lowest BCUT2D eigenvalue weighted by Crippen LogP contribution is -1.92. The van der Waals surface area contributed by atoms with E-state index in [1.54, 1.807) is 0 Å². The van der Waals surface area contributed by atoms with Gasteiger partial charge in [0.25, 0.3) is 0 Å². The van der Waals surface area contributed by atoms with Gasteiger partial charge >= 0.3 is 0 Å². The van der Waals surface area contributed by atoms with Crippen LogP contribution in [-0.4, -0.2) is 6.61 Å². The molecule has 0 atom stereocenters. The van der Waals surface area contributed by atoms with E-state index in [-0.39, 0.29) is 0 Å². The molecule has 0 aliphatic carbocycles. The van der Waals surface area contributed by atoms with Crippen LogP contribution in [0.15, 0.2) is 60.7 Å². The molecule has 3 aromatic rings. The number of rotatable bonds is 3. The van der Waals surface area contributed by atoms with Crippen molar-refractivity contribution < 1.29 is 4.74 Å². The van der Waals surface area contributed by atoms with Gasteiger partial charge in [0.1, 0.15) is 5.75 Å².